The molecule has 0 amide bonds. The highest BCUT2D eigenvalue weighted by molar-refractivity contribution is 5.27. The lowest BCUT2D eigenvalue weighted by atomic mass is 9.82. The summed E-state index contributed by atoms with van der Waals surface area (Å²) >= 11 is 0. The molecule has 0 aliphatic carbocycles. The van der Waals surface area contributed by atoms with Crippen molar-refractivity contribution in [2.24, 2.45) is 5.41 Å². The Morgan fingerprint density at radius 3 is 2.53 bits per heavy atom. The third kappa shape index (κ3) is 2.68. The lowest BCUT2D eigenvalue weighted by Crippen LogP contribution is -2.21. The van der Waals surface area contributed by atoms with E-state index in [0.29, 0.717) is 12.5 Å². The summed E-state index contributed by atoms with van der Waals surface area (Å²) < 4.78 is 5.36. The summed E-state index contributed by atoms with van der Waals surface area (Å²) in [5.41, 5.74) is 2.29. The van der Waals surface area contributed by atoms with Crippen molar-refractivity contribution in [2.45, 2.75) is 32.6 Å². The van der Waals surface area contributed by atoms with Crippen molar-refractivity contribution in [1.82, 2.24) is 0 Å². The molecule has 1 saturated heterocycles. The highest BCUT2D eigenvalue weighted by Gasteiger charge is 2.35. The Morgan fingerprint density at radius 1 is 1.35 bits per heavy atom. The van der Waals surface area contributed by atoms with Gasteiger partial charge in [-0.05, 0) is 29.9 Å². The monoisotopic (exact) mass is 229 g/mol. The van der Waals surface area contributed by atoms with Gasteiger partial charge in [0.1, 0.15) is 0 Å². The van der Waals surface area contributed by atoms with Crippen LogP contribution in [0.4, 0.5) is 0 Å². The van der Waals surface area contributed by atoms with Crippen LogP contribution in [0.3, 0.4) is 0 Å². The maximum atomic E-state index is 9.29. The molecule has 0 bridgehead atoms. The number of ether oxygens (including phenoxy) is 1. The number of rotatable bonds is 3. The molecule has 0 N–H and O–H groups in total. The molecule has 1 aromatic carbocycles. The lowest BCUT2D eigenvalue weighted by molar-refractivity contribution is 0.171. The second kappa shape index (κ2) is 4.89. The Labute approximate surface area is 103 Å². The molecule has 2 nitrogen and oxygen atoms in total. The van der Waals surface area contributed by atoms with E-state index in [4.69, 9.17) is 4.74 Å². The Balaban J connectivity index is 2.11. The molecule has 0 radical (unpaired) electrons. The van der Waals surface area contributed by atoms with E-state index in [1.807, 2.05) is 0 Å². The van der Waals surface area contributed by atoms with Crippen LogP contribution >= 0.6 is 0 Å². The first-order chi connectivity index (χ1) is 8.15. The number of hydrogen-bond acceptors (Lipinski definition) is 2. The second-order valence-corrected chi connectivity index (χ2v) is 5.27. The number of benzene rings is 1. The van der Waals surface area contributed by atoms with E-state index in [-0.39, 0.29) is 5.41 Å². The highest BCUT2D eigenvalue weighted by atomic mass is 16.5. The van der Waals surface area contributed by atoms with Gasteiger partial charge < -0.3 is 4.74 Å². The zero-order valence-corrected chi connectivity index (χ0v) is 10.6. The van der Waals surface area contributed by atoms with Crippen LogP contribution in [0.1, 0.15) is 37.3 Å². The van der Waals surface area contributed by atoms with Crippen molar-refractivity contribution >= 4 is 0 Å². The molecule has 2 heteroatoms. The van der Waals surface area contributed by atoms with Crippen LogP contribution in [0.15, 0.2) is 24.3 Å². The van der Waals surface area contributed by atoms with E-state index in [0.717, 1.165) is 19.4 Å². The van der Waals surface area contributed by atoms with Crippen LogP contribution in [0.2, 0.25) is 0 Å². The SMILES string of the molecule is CC(C)c1ccc(CC2(C#N)CCOC2)cc1. The van der Waals surface area contributed by atoms with Gasteiger partial charge in [0.2, 0.25) is 0 Å². The van der Waals surface area contributed by atoms with Gasteiger partial charge in [-0.15, -0.1) is 0 Å². The summed E-state index contributed by atoms with van der Waals surface area (Å²) in [7, 11) is 0. The van der Waals surface area contributed by atoms with Crippen LogP contribution in [-0.2, 0) is 11.2 Å². The molecular formula is C15H19NO. The van der Waals surface area contributed by atoms with Gasteiger partial charge in [0.25, 0.3) is 0 Å². The van der Waals surface area contributed by atoms with Crippen molar-refractivity contribution in [1.29, 1.82) is 5.26 Å². The minimum atomic E-state index is -0.292. The van der Waals surface area contributed by atoms with Crippen LogP contribution in [0, 0.1) is 16.7 Å². The van der Waals surface area contributed by atoms with E-state index < -0.39 is 0 Å². The summed E-state index contributed by atoms with van der Waals surface area (Å²) in [5.74, 6) is 0.559. The van der Waals surface area contributed by atoms with Crippen molar-refractivity contribution in [3.05, 3.63) is 35.4 Å². The average Bonchev–Trinajstić information content (AvgIpc) is 2.79. The topological polar surface area (TPSA) is 33.0 Å². The van der Waals surface area contributed by atoms with Crippen molar-refractivity contribution < 1.29 is 4.74 Å². The average molecular weight is 229 g/mol. The second-order valence-electron chi connectivity index (χ2n) is 5.27. The quantitative estimate of drug-likeness (QED) is 0.796. The smallest absolute Gasteiger partial charge is 0.0868 e. The number of nitriles is 1. The van der Waals surface area contributed by atoms with Gasteiger partial charge in [-0.2, -0.15) is 5.26 Å². The van der Waals surface area contributed by atoms with Crippen LogP contribution in [0.5, 0.6) is 0 Å². The summed E-state index contributed by atoms with van der Waals surface area (Å²) in [4.78, 5) is 0. The van der Waals surface area contributed by atoms with Crippen LogP contribution in [0.25, 0.3) is 0 Å². The number of nitrogens with zero attached hydrogens (tertiary/aromatic N) is 1. The molecule has 1 atom stereocenters. The molecule has 1 aliphatic rings. The Kier molecular flexibility index (Phi) is 3.49. The Morgan fingerprint density at radius 2 is 2.06 bits per heavy atom. The molecule has 1 heterocycles. The number of hydrogen-bond donors (Lipinski definition) is 0. The van der Waals surface area contributed by atoms with E-state index in [9.17, 15) is 5.26 Å². The van der Waals surface area contributed by atoms with Gasteiger partial charge in [0.05, 0.1) is 18.1 Å². The van der Waals surface area contributed by atoms with Gasteiger partial charge in [-0.3, -0.25) is 0 Å². The summed E-state index contributed by atoms with van der Waals surface area (Å²) in [6, 6.07) is 11.1. The Bertz CT molecular complexity index is 408. The maximum Gasteiger partial charge on any atom is 0.0868 e. The van der Waals surface area contributed by atoms with Crippen molar-refractivity contribution in [2.75, 3.05) is 13.2 Å². The van der Waals surface area contributed by atoms with Gasteiger partial charge in [0, 0.05) is 6.61 Å². The maximum absolute atomic E-state index is 9.29. The summed E-state index contributed by atoms with van der Waals surface area (Å²) in [6.45, 7) is 5.68. The minimum absolute atomic E-state index is 0.292. The molecule has 2 rings (SSSR count). The highest BCUT2D eigenvalue weighted by Crippen LogP contribution is 2.32. The largest absolute Gasteiger partial charge is 0.380 e. The van der Waals surface area contributed by atoms with E-state index in [1.165, 1.54) is 11.1 Å². The first-order valence-corrected chi connectivity index (χ1v) is 6.23. The molecular weight excluding hydrogens is 210 g/mol. The zero-order valence-electron chi connectivity index (χ0n) is 10.6. The molecule has 0 aromatic heterocycles. The van der Waals surface area contributed by atoms with Crippen molar-refractivity contribution in [3.63, 3.8) is 0 Å². The predicted molar refractivity (Wildman–Crippen MR) is 67.7 cm³/mol. The molecule has 1 aliphatic heterocycles. The molecule has 90 valence electrons. The fourth-order valence-corrected chi connectivity index (χ4v) is 2.29. The summed E-state index contributed by atoms with van der Waals surface area (Å²) in [6.07, 6.45) is 1.66. The standard InChI is InChI=1S/C15H19NO/c1-12(2)14-5-3-13(4-6-14)9-15(10-16)7-8-17-11-15/h3-6,12H,7-9,11H2,1-2H3. The van der Waals surface area contributed by atoms with Crippen LogP contribution in [-0.4, -0.2) is 13.2 Å². The molecule has 17 heavy (non-hydrogen) atoms. The molecule has 0 saturated carbocycles. The van der Waals surface area contributed by atoms with Gasteiger partial charge in [-0.25, -0.2) is 0 Å². The Hall–Kier alpha value is -1.33. The van der Waals surface area contributed by atoms with Crippen molar-refractivity contribution in [3.8, 4) is 6.07 Å². The minimum Gasteiger partial charge on any atom is -0.380 e. The molecule has 1 fully saturated rings. The van der Waals surface area contributed by atoms with E-state index in [2.05, 4.69) is 44.2 Å². The molecule has 1 unspecified atom stereocenters. The van der Waals surface area contributed by atoms with E-state index >= 15 is 0 Å². The van der Waals surface area contributed by atoms with E-state index in [1.54, 1.807) is 0 Å². The first-order valence-electron chi connectivity index (χ1n) is 6.23. The normalized spacial score (nSPS) is 23.9. The molecule has 1 aromatic rings. The molecule has 0 spiro atoms. The lowest BCUT2D eigenvalue weighted by Gasteiger charge is -2.18. The third-order valence-electron chi connectivity index (χ3n) is 3.53. The first kappa shape index (κ1) is 12.1. The van der Waals surface area contributed by atoms with Gasteiger partial charge in [0.15, 0.2) is 0 Å². The van der Waals surface area contributed by atoms with Gasteiger partial charge in [-0.1, -0.05) is 38.1 Å². The fraction of sp³-hybridized carbons (Fsp3) is 0.533. The zero-order chi connectivity index (χ0) is 12.3. The predicted octanol–water partition coefficient (Wildman–Crippen LogP) is 3.28. The van der Waals surface area contributed by atoms with Crippen LogP contribution < -0.4 is 0 Å². The fourth-order valence-electron chi connectivity index (χ4n) is 2.29. The summed E-state index contributed by atoms with van der Waals surface area (Å²) in [5, 5.41) is 9.29. The third-order valence-corrected chi connectivity index (χ3v) is 3.53. The van der Waals surface area contributed by atoms with Gasteiger partial charge >= 0.3 is 0 Å².